The molecule has 1 aliphatic heterocycles. The fourth-order valence-corrected chi connectivity index (χ4v) is 4.10. The molecule has 1 heterocycles. The van der Waals surface area contributed by atoms with Gasteiger partial charge in [0.2, 0.25) is 0 Å². The predicted molar refractivity (Wildman–Crippen MR) is 95.3 cm³/mol. The number of esters is 1. The predicted octanol–water partition coefficient (Wildman–Crippen LogP) is 4.40. The van der Waals surface area contributed by atoms with Crippen molar-refractivity contribution in [3.8, 4) is 22.6 Å². The first-order valence-electron chi connectivity index (χ1n) is 8.73. The smallest absolute Gasteiger partial charge is 0.337 e. The molecule has 1 aliphatic carbocycles. The minimum Gasteiger partial charge on any atom is -0.493 e. The molecule has 0 unspecified atom stereocenters. The van der Waals surface area contributed by atoms with E-state index < -0.39 is 0 Å². The van der Waals surface area contributed by atoms with Gasteiger partial charge >= 0.3 is 5.97 Å². The van der Waals surface area contributed by atoms with E-state index >= 15 is 0 Å². The van der Waals surface area contributed by atoms with Crippen molar-refractivity contribution in [1.29, 1.82) is 0 Å². The first-order chi connectivity index (χ1) is 12.2. The number of rotatable bonds is 3. The number of methoxy groups -OCH3 is 2. The van der Waals surface area contributed by atoms with E-state index in [2.05, 4.69) is 6.07 Å². The lowest BCUT2D eigenvalue weighted by Gasteiger charge is -2.22. The van der Waals surface area contributed by atoms with Gasteiger partial charge in [-0.1, -0.05) is 18.2 Å². The summed E-state index contributed by atoms with van der Waals surface area (Å²) in [6.07, 6.45) is 5.57. The Morgan fingerprint density at radius 2 is 1.76 bits per heavy atom. The van der Waals surface area contributed by atoms with E-state index in [1.165, 1.54) is 25.5 Å². The zero-order valence-corrected chi connectivity index (χ0v) is 14.6. The summed E-state index contributed by atoms with van der Waals surface area (Å²) >= 11 is 0. The van der Waals surface area contributed by atoms with E-state index in [1.54, 1.807) is 19.2 Å². The molecule has 2 aliphatic rings. The van der Waals surface area contributed by atoms with Crippen molar-refractivity contribution in [2.45, 2.75) is 37.7 Å². The number of carbonyl (C=O) groups excluding carboxylic acids is 1. The Labute approximate surface area is 147 Å². The average Bonchev–Trinajstić information content (AvgIpc) is 3.27. The van der Waals surface area contributed by atoms with E-state index in [0.29, 0.717) is 5.56 Å². The molecule has 0 radical (unpaired) electrons. The zero-order valence-electron chi connectivity index (χ0n) is 14.6. The van der Waals surface area contributed by atoms with E-state index in [4.69, 9.17) is 14.2 Å². The number of hydrogen-bond acceptors (Lipinski definition) is 4. The Morgan fingerprint density at radius 3 is 2.40 bits per heavy atom. The lowest BCUT2D eigenvalue weighted by molar-refractivity contribution is 0.0600. The molecule has 0 saturated heterocycles. The van der Waals surface area contributed by atoms with Gasteiger partial charge in [-0.05, 0) is 55.0 Å². The highest BCUT2D eigenvalue weighted by atomic mass is 16.5. The summed E-state index contributed by atoms with van der Waals surface area (Å²) in [7, 11) is 3.08. The topological polar surface area (TPSA) is 44.8 Å². The van der Waals surface area contributed by atoms with Gasteiger partial charge < -0.3 is 14.2 Å². The molecule has 4 rings (SSSR count). The van der Waals surface area contributed by atoms with E-state index in [9.17, 15) is 4.79 Å². The number of fused-ring (bicyclic) bond motifs is 1. The molecular weight excluding hydrogens is 316 g/mol. The van der Waals surface area contributed by atoms with Crippen LogP contribution in [-0.4, -0.2) is 25.8 Å². The lowest BCUT2D eigenvalue weighted by Crippen LogP contribution is -2.30. The number of hydrogen-bond donors (Lipinski definition) is 0. The minimum absolute atomic E-state index is 0.0579. The second-order valence-electron chi connectivity index (χ2n) is 6.86. The maximum atomic E-state index is 11.6. The molecule has 25 heavy (non-hydrogen) atoms. The van der Waals surface area contributed by atoms with Crippen LogP contribution in [0.4, 0.5) is 0 Å². The number of carbonyl (C=O) groups is 1. The molecular formula is C21H22O4. The van der Waals surface area contributed by atoms with Gasteiger partial charge in [-0.2, -0.15) is 0 Å². The summed E-state index contributed by atoms with van der Waals surface area (Å²) < 4.78 is 16.7. The summed E-state index contributed by atoms with van der Waals surface area (Å²) in [5.74, 6) is 1.37. The first kappa shape index (κ1) is 16.0. The third kappa shape index (κ3) is 2.66. The van der Waals surface area contributed by atoms with Gasteiger partial charge in [0.1, 0.15) is 5.60 Å². The fraction of sp³-hybridized carbons (Fsp3) is 0.381. The Hall–Kier alpha value is -2.49. The van der Waals surface area contributed by atoms with Crippen molar-refractivity contribution in [2.75, 3.05) is 14.2 Å². The Bertz CT molecular complexity index is 801. The van der Waals surface area contributed by atoms with Crippen molar-refractivity contribution in [1.82, 2.24) is 0 Å². The van der Waals surface area contributed by atoms with E-state index in [0.717, 1.165) is 41.9 Å². The van der Waals surface area contributed by atoms with Gasteiger partial charge in [0.25, 0.3) is 0 Å². The van der Waals surface area contributed by atoms with Crippen LogP contribution >= 0.6 is 0 Å². The summed E-state index contributed by atoms with van der Waals surface area (Å²) in [6, 6.07) is 11.6. The van der Waals surface area contributed by atoms with Crippen molar-refractivity contribution < 1.29 is 19.0 Å². The first-order valence-corrected chi connectivity index (χ1v) is 8.73. The maximum Gasteiger partial charge on any atom is 0.337 e. The molecule has 0 atom stereocenters. The Balaban J connectivity index is 1.75. The normalized spacial score (nSPS) is 17.2. The molecule has 2 aromatic rings. The average molecular weight is 338 g/mol. The van der Waals surface area contributed by atoms with Gasteiger partial charge in [-0.3, -0.25) is 0 Å². The molecule has 130 valence electrons. The van der Waals surface area contributed by atoms with E-state index in [-0.39, 0.29) is 11.6 Å². The van der Waals surface area contributed by atoms with Crippen LogP contribution in [0, 0.1) is 0 Å². The lowest BCUT2D eigenvalue weighted by atomic mass is 9.90. The summed E-state index contributed by atoms with van der Waals surface area (Å²) in [5, 5.41) is 0. The number of ether oxygens (including phenoxy) is 3. The van der Waals surface area contributed by atoms with E-state index in [1.807, 2.05) is 18.2 Å². The van der Waals surface area contributed by atoms with Crippen LogP contribution in [0.3, 0.4) is 0 Å². The third-order valence-corrected chi connectivity index (χ3v) is 5.39. The maximum absolute atomic E-state index is 11.6. The minimum atomic E-state index is -0.320. The van der Waals surface area contributed by atoms with Gasteiger partial charge in [0.05, 0.1) is 19.8 Å². The van der Waals surface area contributed by atoms with Gasteiger partial charge in [0.15, 0.2) is 11.5 Å². The highest BCUT2D eigenvalue weighted by Gasteiger charge is 2.44. The Morgan fingerprint density at radius 1 is 1.04 bits per heavy atom. The van der Waals surface area contributed by atoms with Crippen LogP contribution in [0.25, 0.3) is 11.1 Å². The molecule has 4 nitrogen and oxygen atoms in total. The molecule has 2 aromatic carbocycles. The van der Waals surface area contributed by atoms with Crippen LogP contribution in [0.1, 0.15) is 41.6 Å². The highest BCUT2D eigenvalue weighted by Crippen LogP contribution is 2.51. The molecule has 4 heteroatoms. The van der Waals surface area contributed by atoms with Gasteiger partial charge in [-0.25, -0.2) is 4.79 Å². The molecule has 1 saturated carbocycles. The zero-order chi connectivity index (χ0) is 17.4. The quantitative estimate of drug-likeness (QED) is 0.778. The van der Waals surface area contributed by atoms with Gasteiger partial charge in [0, 0.05) is 12.0 Å². The van der Waals surface area contributed by atoms with Crippen molar-refractivity contribution >= 4 is 5.97 Å². The van der Waals surface area contributed by atoms with Crippen molar-refractivity contribution in [3.63, 3.8) is 0 Å². The van der Waals surface area contributed by atoms with Crippen LogP contribution < -0.4 is 9.47 Å². The van der Waals surface area contributed by atoms with Crippen molar-refractivity contribution in [2.24, 2.45) is 0 Å². The molecule has 0 N–H and O–H groups in total. The second kappa shape index (κ2) is 6.10. The summed E-state index contributed by atoms with van der Waals surface area (Å²) in [6.45, 7) is 0. The third-order valence-electron chi connectivity index (χ3n) is 5.39. The second-order valence-corrected chi connectivity index (χ2v) is 6.86. The molecule has 0 amide bonds. The molecule has 1 fully saturated rings. The van der Waals surface area contributed by atoms with Crippen LogP contribution in [-0.2, 0) is 11.2 Å². The van der Waals surface area contributed by atoms with Gasteiger partial charge in [-0.15, -0.1) is 0 Å². The fourth-order valence-electron chi connectivity index (χ4n) is 4.10. The largest absolute Gasteiger partial charge is 0.493 e. The SMILES string of the molecule is COC(=O)c1ccc(-c2ccc(OC)c3c2CC2(CCCC2)O3)cc1. The Kier molecular flexibility index (Phi) is 3.91. The van der Waals surface area contributed by atoms with Crippen LogP contribution in [0.15, 0.2) is 36.4 Å². The molecule has 0 bridgehead atoms. The van der Waals surface area contributed by atoms with Crippen LogP contribution in [0.5, 0.6) is 11.5 Å². The standard InChI is InChI=1S/C21H22O4/c1-23-18-10-9-16(14-5-7-15(8-6-14)20(22)24-2)17-13-21(25-19(17)18)11-3-4-12-21/h5-10H,3-4,11-13H2,1-2H3. The number of benzene rings is 2. The highest BCUT2D eigenvalue weighted by molar-refractivity contribution is 5.90. The summed E-state index contributed by atoms with van der Waals surface area (Å²) in [4.78, 5) is 11.6. The monoisotopic (exact) mass is 338 g/mol. The van der Waals surface area contributed by atoms with Crippen LogP contribution in [0.2, 0.25) is 0 Å². The molecule has 1 spiro atoms. The molecule has 0 aromatic heterocycles. The van der Waals surface area contributed by atoms with Crippen molar-refractivity contribution in [3.05, 3.63) is 47.5 Å². The summed E-state index contributed by atoms with van der Waals surface area (Å²) in [5.41, 5.74) is 3.94.